The van der Waals surface area contributed by atoms with E-state index in [1.807, 2.05) is 6.07 Å². The molecule has 20 heavy (non-hydrogen) atoms. The average Bonchev–Trinajstić information content (AvgIpc) is 2.42. The van der Waals surface area contributed by atoms with E-state index in [0.29, 0.717) is 29.8 Å². The minimum absolute atomic E-state index is 0.314. The fourth-order valence-electron chi connectivity index (χ4n) is 2.78. The summed E-state index contributed by atoms with van der Waals surface area (Å²) in [7, 11) is 0. The first-order valence-corrected chi connectivity index (χ1v) is 7.36. The van der Waals surface area contributed by atoms with E-state index in [0.717, 1.165) is 12.2 Å². The van der Waals surface area contributed by atoms with E-state index in [9.17, 15) is 4.79 Å². The highest BCUT2D eigenvalue weighted by Gasteiger charge is 2.24. The number of carbonyl (C=O) groups is 1. The summed E-state index contributed by atoms with van der Waals surface area (Å²) < 4.78 is 5.00. The normalized spacial score (nSPS) is 22.6. The maximum Gasteiger partial charge on any atom is 0.338 e. The van der Waals surface area contributed by atoms with Gasteiger partial charge in [-0.15, -0.1) is 0 Å². The highest BCUT2D eigenvalue weighted by atomic mass is 16.5. The van der Waals surface area contributed by atoms with Crippen LogP contribution in [-0.2, 0) is 4.74 Å². The third-order valence-corrected chi connectivity index (χ3v) is 3.97. The fraction of sp³-hybridized carbons (Fsp3) is 0.562. The molecule has 1 fully saturated rings. The third kappa shape index (κ3) is 3.06. The largest absolute Gasteiger partial charge is 0.462 e. The van der Waals surface area contributed by atoms with Crippen LogP contribution in [0.2, 0.25) is 0 Å². The molecule has 4 heteroatoms. The molecule has 110 valence electrons. The first kappa shape index (κ1) is 14.7. The van der Waals surface area contributed by atoms with E-state index < -0.39 is 0 Å². The molecule has 2 N–H and O–H groups in total. The van der Waals surface area contributed by atoms with Crippen LogP contribution in [0.5, 0.6) is 0 Å². The molecule has 2 rings (SSSR count). The molecule has 0 spiro atoms. The highest BCUT2D eigenvalue weighted by Crippen LogP contribution is 2.32. The molecule has 1 aliphatic heterocycles. The van der Waals surface area contributed by atoms with Crippen LogP contribution < -0.4 is 10.6 Å². The van der Waals surface area contributed by atoms with E-state index in [-0.39, 0.29) is 5.97 Å². The molecular weight excluding hydrogens is 252 g/mol. The molecule has 1 aromatic carbocycles. The van der Waals surface area contributed by atoms with Gasteiger partial charge >= 0.3 is 5.97 Å². The lowest BCUT2D eigenvalue weighted by Gasteiger charge is -2.39. The Kier molecular flexibility index (Phi) is 4.53. The van der Waals surface area contributed by atoms with Crippen molar-refractivity contribution in [2.24, 2.45) is 5.92 Å². The minimum Gasteiger partial charge on any atom is -0.462 e. The van der Waals surface area contributed by atoms with Crippen LogP contribution in [0.1, 0.15) is 44.0 Å². The standard InChI is InChI=1S/C16H24N2O2/c1-4-20-16(19)13-7-8-15(14(17)9-13)18-10-11(2)5-6-12(18)3/h7-9,11-12H,4-6,10,17H2,1-3H3. The van der Waals surface area contributed by atoms with Crippen molar-refractivity contribution >= 4 is 17.3 Å². The predicted octanol–water partition coefficient (Wildman–Crippen LogP) is 3.07. The number of piperidine rings is 1. The Morgan fingerprint density at radius 2 is 2.15 bits per heavy atom. The number of rotatable bonds is 3. The smallest absolute Gasteiger partial charge is 0.338 e. The molecule has 2 atom stereocenters. The van der Waals surface area contributed by atoms with Crippen LogP contribution in [0.4, 0.5) is 11.4 Å². The van der Waals surface area contributed by atoms with Gasteiger partial charge in [0.05, 0.1) is 23.5 Å². The zero-order chi connectivity index (χ0) is 14.7. The number of anilines is 2. The van der Waals surface area contributed by atoms with E-state index in [1.54, 1.807) is 19.1 Å². The van der Waals surface area contributed by atoms with E-state index in [1.165, 1.54) is 12.8 Å². The molecule has 0 aromatic heterocycles. The maximum atomic E-state index is 11.7. The van der Waals surface area contributed by atoms with Crippen LogP contribution in [-0.4, -0.2) is 25.2 Å². The lowest BCUT2D eigenvalue weighted by molar-refractivity contribution is 0.0526. The topological polar surface area (TPSA) is 55.6 Å². The summed E-state index contributed by atoms with van der Waals surface area (Å²) in [5.41, 5.74) is 8.34. The lowest BCUT2D eigenvalue weighted by Crippen LogP contribution is -2.41. The Balaban J connectivity index is 2.22. The van der Waals surface area contributed by atoms with Crippen molar-refractivity contribution in [3.63, 3.8) is 0 Å². The summed E-state index contributed by atoms with van der Waals surface area (Å²) in [5, 5.41) is 0. The summed E-state index contributed by atoms with van der Waals surface area (Å²) in [6.45, 7) is 7.68. The van der Waals surface area contributed by atoms with Gasteiger partial charge in [-0.3, -0.25) is 0 Å². The first-order valence-electron chi connectivity index (χ1n) is 7.36. The predicted molar refractivity (Wildman–Crippen MR) is 82.0 cm³/mol. The molecule has 0 radical (unpaired) electrons. The molecule has 0 bridgehead atoms. The van der Waals surface area contributed by atoms with Gasteiger partial charge in [0.1, 0.15) is 0 Å². The number of hydrogen-bond donors (Lipinski definition) is 1. The number of nitrogens with zero attached hydrogens (tertiary/aromatic N) is 1. The van der Waals surface area contributed by atoms with Gasteiger partial charge in [-0.1, -0.05) is 6.92 Å². The van der Waals surface area contributed by atoms with Crippen molar-refractivity contribution in [3.8, 4) is 0 Å². The number of esters is 1. The van der Waals surface area contributed by atoms with Gasteiger partial charge in [0.15, 0.2) is 0 Å². The SMILES string of the molecule is CCOC(=O)c1ccc(N2CC(C)CCC2C)c(N)c1. The number of nitrogens with two attached hydrogens (primary N) is 1. The van der Waals surface area contributed by atoms with Gasteiger partial charge < -0.3 is 15.4 Å². The van der Waals surface area contributed by atoms with Crippen molar-refractivity contribution in [1.29, 1.82) is 0 Å². The summed E-state index contributed by atoms with van der Waals surface area (Å²) >= 11 is 0. The molecule has 0 amide bonds. The highest BCUT2D eigenvalue weighted by molar-refractivity contribution is 5.92. The van der Waals surface area contributed by atoms with Crippen LogP contribution in [0.3, 0.4) is 0 Å². The maximum absolute atomic E-state index is 11.7. The molecule has 0 aliphatic carbocycles. The number of benzene rings is 1. The van der Waals surface area contributed by atoms with Gasteiger partial charge in [-0.2, -0.15) is 0 Å². The zero-order valence-corrected chi connectivity index (χ0v) is 12.6. The second-order valence-corrected chi connectivity index (χ2v) is 5.68. The average molecular weight is 276 g/mol. The van der Waals surface area contributed by atoms with Crippen molar-refractivity contribution in [2.45, 2.75) is 39.7 Å². The van der Waals surface area contributed by atoms with E-state index in [4.69, 9.17) is 10.5 Å². The van der Waals surface area contributed by atoms with Crippen molar-refractivity contribution in [2.75, 3.05) is 23.8 Å². The number of carbonyl (C=O) groups excluding carboxylic acids is 1. The Morgan fingerprint density at radius 3 is 2.80 bits per heavy atom. The lowest BCUT2D eigenvalue weighted by atomic mass is 9.94. The molecule has 0 saturated carbocycles. The number of ether oxygens (including phenoxy) is 1. The molecule has 1 heterocycles. The molecular formula is C16H24N2O2. The summed E-state index contributed by atoms with van der Waals surface area (Å²) in [5.74, 6) is 0.362. The number of nitrogen functional groups attached to an aromatic ring is 1. The van der Waals surface area contributed by atoms with Gasteiger partial charge in [-0.05, 0) is 50.8 Å². The Bertz CT molecular complexity index is 487. The monoisotopic (exact) mass is 276 g/mol. The van der Waals surface area contributed by atoms with Crippen LogP contribution in [0, 0.1) is 5.92 Å². The third-order valence-electron chi connectivity index (χ3n) is 3.97. The Morgan fingerprint density at radius 1 is 1.40 bits per heavy atom. The van der Waals surface area contributed by atoms with Gasteiger partial charge in [0, 0.05) is 12.6 Å². The van der Waals surface area contributed by atoms with Crippen LogP contribution in [0.15, 0.2) is 18.2 Å². The van der Waals surface area contributed by atoms with Crippen LogP contribution >= 0.6 is 0 Å². The minimum atomic E-state index is -0.314. The van der Waals surface area contributed by atoms with Crippen molar-refractivity contribution in [3.05, 3.63) is 23.8 Å². The summed E-state index contributed by atoms with van der Waals surface area (Å²) in [6.07, 6.45) is 2.44. The second-order valence-electron chi connectivity index (χ2n) is 5.68. The van der Waals surface area contributed by atoms with E-state index in [2.05, 4.69) is 18.7 Å². The molecule has 1 aromatic rings. The zero-order valence-electron chi connectivity index (χ0n) is 12.6. The Labute approximate surface area is 120 Å². The molecule has 1 saturated heterocycles. The summed E-state index contributed by atoms with van der Waals surface area (Å²) in [4.78, 5) is 14.1. The fourth-order valence-corrected chi connectivity index (χ4v) is 2.78. The van der Waals surface area contributed by atoms with Gasteiger partial charge in [0.25, 0.3) is 0 Å². The van der Waals surface area contributed by atoms with Crippen LogP contribution in [0.25, 0.3) is 0 Å². The van der Waals surface area contributed by atoms with E-state index >= 15 is 0 Å². The van der Waals surface area contributed by atoms with Gasteiger partial charge in [-0.25, -0.2) is 4.79 Å². The quantitative estimate of drug-likeness (QED) is 0.681. The second kappa shape index (κ2) is 6.16. The Hall–Kier alpha value is -1.71. The number of hydrogen-bond acceptors (Lipinski definition) is 4. The first-order chi connectivity index (χ1) is 9.52. The van der Waals surface area contributed by atoms with Crippen molar-refractivity contribution in [1.82, 2.24) is 0 Å². The molecule has 4 nitrogen and oxygen atoms in total. The molecule has 2 unspecified atom stereocenters. The summed E-state index contributed by atoms with van der Waals surface area (Å²) in [6, 6.07) is 5.95. The molecule has 1 aliphatic rings. The van der Waals surface area contributed by atoms with Crippen molar-refractivity contribution < 1.29 is 9.53 Å². The van der Waals surface area contributed by atoms with Gasteiger partial charge in [0.2, 0.25) is 0 Å².